The average Bonchev–Trinajstić information content (AvgIpc) is 3.55. The van der Waals surface area contributed by atoms with Crippen LogP contribution in [0, 0.1) is 11.3 Å². The van der Waals surface area contributed by atoms with Gasteiger partial charge >= 0.3 is 0 Å². The fourth-order valence-corrected chi connectivity index (χ4v) is 7.18. The summed E-state index contributed by atoms with van der Waals surface area (Å²) in [5, 5.41) is 8.48. The zero-order valence-electron chi connectivity index (χ0n) is 24.2. The first kappa shape index (κ1) is 29.1. The van der Waals surface area contributed by atoms with Gasteiger partial charge in [-0.15, -0.1) is 0 Å². The second-order valence-electron chi connectivity index (χ2n) is 12.1. The molecule has 10 heteroatoms. The fraction of sp³-hybridized carbons (Fsp3) is 0.424. The predicted molar refractivity (Wildman–Crippen MR) is 166 cm³/mol. The Morgan fingerprint density at radius 3 is 2.51 bits per heavy atom. The van der Waals surface area contributed by atoms with Crippen LogP contribution in [0.3, 0.4) is 0 Å². The van der Waals surface area contributed by atoms with Crippen molar-refractivity contribution < 1.29 is 9.59 Å². The number of hydrogen-bond acceptors (Lipinski definition) is 5. The number of nitrogens with zero attached hydrogens (tertiary/aromatic N) is 4. The van der Waals surface area contributed by atoms with Crippen molar-refractivity contribution in [2.24, 2.45) is 11.3 Å². The molecule has 43 heavy (non-hydrogen) atoms. The lowest BCUT2D eigenvalue weighted by molar-refractivity contribution is -0.136. The summed E-state index contributed by atoms with van der Waals surface area (Å²) in [7, 11) is 0. The van der Waals surface area contributed by atoms with E-state index >= 15 is 0 Å². The quantitative estimate of drug-likeness (QED) is 0.295. The molecular weight excluding hydrogens is 564 g/mol. The van der Waals surface area contributed by atoms with Crippen molar-refractivity contribution in [3.05, 3.63) is 93.8 Å². The summed E-state index contributed by atoms with van der Waals surface area (Å²) in [6.07, 6.45) is 11.6. The highest BCUT2D eigenvalue weighted by molar-refractivity contribution is 6.30. The number of amides is 2. The molecule has 6 rings (SSSR count). The highest BCUT2D eigenvalue weighted by Crippen LogP contribution is 2.47. The molecule has 2 aromatic carbocycles. The van der Waals surface area contributed by atoms with Crippen LogP contribution in [-0.4, -0.2) is 55.6 Å². The Balaban J connectivity index is 1.22. The number of likely N-dealkylation sites (tertiary alicyclic amines) is 1. The van der Waals surface area contributed by atoms with Crippen LogP contribution in [0.15, 0.2) is 72.0 Å². The number of nitrogens with one attached hydrogen (secondary N) is 2. The minimum Gasteiger partial charge on any atom is -0.350 e. The molecule has 1 aliphatic heterocycles. The Bertz CT molecular complexity index is 1620. The molecule has 0 unspecified atom stereocenters. The van der Waals surface area contributed by atoms with Gasteiger partial charge in [-0.3, -0.25) is 19.1 Å². The van der Waals surface area contributed by atoms with Crippen molar-refractivity contribution in [3.8, 4) is 0 Å². The average molecular weight is 601 g/mol. The van der Waals surface area contributed by atoms with E-state index in [4.69, 9.17) is 11.6 Å². The lowest BCUT2D eigenvalue weighted by Crippen LogP contribution is -2.54. The Morgan fingerprint density at radius 2 is 1.79 bits per heavy atom. The number of rotatable bonds is 8. The van der Waals surface area contributed by atoms with E-state index in [9.17, 15) is 14.4 Å². The molecule has 2 N–H and O–H groups in total. The smallest absolute Gasteiger partial charge is 0.268 e. The molecule has 2 aliphatic rings. The minimum absolute atomic E-state index is 0.0599. The van der Waals surface area contributed by atoms with Crippen molar-refractivity contribution in [3.63, 3.8) is 0 Å². The first-order valence-corrected chi connectivity index (χ1v) is 15.6. The Morgan fingerprint density at radius 1 is 1.05 bits per heavy atom. The molecule has 0 radical (unpaired) electrons. The number of para-hydroxylation sites is 1. The van der Waals surface area contributed by atoms with Crippen molar-refractivity contribution in [1.82, 2.24) is 30.0 Å². The van der Waals surface area contributed by atoms with Crippen LogP contribution in [0.1, 0.15) is 61.0 Å². The molecule has 9 nitrogen and oxygen atoms in total. The van der Waals surface area contributed by atoms with Gasteiger partial charge in [-0.2, -0.15) is 5.10 Å². The van der Waals surface area contributed by atoms with Gasteiger partial charge in [-0.25, -0.2) is 4.98 Å². The van der Waals surface area contributed by atoms with Crippen LogP contribution in [0.4, 0.5) is 0 Å². The van der Waals surface area contributed by atoms with Crippen molar-refractivity contribution in [2.75, 3.05) is 13.1 Å². The number of fused-ring (bicyclic) bond motifs is 1. The van der Waals surface area contributed by atoms with Crippen LogP contribution in [0.25, 0.3) is 10.9 Å². The number of hydrogen-bond donors (Lipinski definition) is 2. The largest absolute Gasteiger partial charge is 0.350 e. The Kier molecular flexibility index (Phi) is 8.61. The third-order valence-corrected chi connectivity index (χ3v) is 9.68. The number of piperidine rings is 1. The summed E-state index contributed by atoms with van der Waals surface area (Å²) < 4.78 is 1.94. The highest BCUT2D eigenvalue weighted by Gasteiger charge is 2.43. The third kappa shape index (κ3) is 6.51. The molecule has 1 saturated heterocycles. The van der Waals surface area contributed by atoms with Crippen LogP contribution in [-0.2, 0) is 17.8 Å². The van der Waals surface area contributed by atoms with Gasteiger partial charge in [-0.05, 0) is 66.8 Å². The molecule has 2 aromatic heterocycles. The van der Waals surface area contributed by atoms with Gasteiger partial charge in [0, 0.05) is 48.0 Å². The van der Waals surface area contributed by atoms with E-state index in [1.807, 2.05) is 21.7 Å². The van der Waals surface area contributed by atoms with Gasteiger partial charge in [0.2, 0.25) is 5.91 Å². The number of aromatic amines is 1. The summed E-state index contributed by atoms with van der Waals surface area (Å²) in [6, 6.07) is 14.9. The minimum atomic E-state index is -0.804. The SMILES string of the molecule is O=C(N[C@H](Cc1ccc(Cl)cc1)C(=O)N1CCC(Cn2cncn2)(C2CCCCC2)CC1)c1cc(=O)c2ccccc2[nH]1. The number of carbonyl (C=O) groups is 2. The molecule has 0 spiro atoms. The molecule has 224 valence electrons. The molecule has 1 saturated carbocycles. The van der Waals surface area contributed by atoms with Gasteiger partial charge in [0.1, 0.15) is 24.4 Å². The summed E-state index contributed by atoms with van der Waals surface area (Å²) in [4.78, 5) is 49.4. The standard InChI is InChI=1S/C33H37ClN6O3/c34-25-12-10-23(11-13-25)18-29(38-31(42)28-19-30(41)26-8-4-5-9-27(26)37-28)32(43)39-16-14-33(15-17-39,20-40-22-35-21-36-40)24-6-2-1-3-7-24/h4-5,8-13,19,21-22,24,29H,1-3,6-7,14-18,20H2,(H,37,41)(H,38,42)/t29-/m1/s1. The second kappa shape index (κ2) is 12.7. The van der Waals surface area contributed by atoms with Crippen molar-refractivity contribution in [1.29, 1.82) is 0 Å². The number of halogens is 1. The molecule has 4 aromatic rings. The first-order chi connectivity index (χ1) is 20.9. The molecule has 3 heterocycles. The van der Waals surface area contributed by atoms with Gasteiger partial charge in [0.25, 0.3) is 5.91 Å². The predicted octanol–water partition coefficient (Wildman–Crippen LogP) is 5.00. The maximum absolute atomic E-state index is 14.1. The van der Waals surface area contributed by atoms with E-state index in [2.05, 4.69) is 20.4 Å². The monoisotopic (exact) mass is 600 g/mol. The topological polar surface area (TPSA) is 113 Å². The molecule has 2 amide bonds. The van der Waals surface area contributed by atoms with Gasteiger partial charge in [-0.1, -0.05) is 55.1 Å². The van der Waals surface area contributed by atoms with E-state index < -0.39 is 11.9 Å². The molecule has 2 fully saturated rings. The summed E-state index contributed by atoms with van der Waals surface area (Å²) >= 11 is 6.11. The lowest BCUT2D eigenvalue weighted by atomic mass is 9.63. The van der Waals surface area contributed by atoms with Crippen LogP contribution >= 0.6 is 11.6 Å². The molecule has 0 bridgehead atoms. The van der Waals surface area contributed by atoms with E-state index in [0.29, 0.717) is 41.4 Å². The zero-order chi connectivity index (χ0) is 29.8. The van der Waals surface area contributed by atoms with E-state index in [-0.39, 0.29) is 22.4 Å². The lowest BCUT2D eigenvalue weighted by Gasteiger charge is -2.48. The van der Waals surface area contributed by atoms with Crippen LogP contribution in [0.5, 0.6) is 0 Å². The molecular formula is C33H37ClN6O3. The van der Waals surface area contributed by atoms with Gasteiger partial charge < -0.3 is 15.2 Å². The summed E-state index contributed by atoms with van der Waals surface area (Å²) in [5.74, 6) is -0.0173. The molecule has 1 aliphatic carbocycles. The number of benzene rings is 2. The fourth-order valence-electron chi connectivity index (χ4n) is 7.05. The van der Waals surface area contributed by atoms with Crippen LogP contribution in [0.2, 0.25) is 5.02 Å². The van der Waals surface area contributed by atoms with E-state index in [1.165, 1.54) is 38.2 Å². The summed E-state index contributed by atoms with van der Waals surface area (Å²) in [5.41, 5.74) is 1.39. The Hall–Kier alpha value is -3.98. The maximum atomic E-state index is 14.1. The summed E-state index contributed by atoms with van der Waals surface area (Å²) in [6.45, 7) is 2.04. The first-order valence-electron chi connectivity index (χ1n) is 15.2. The van der Waals surface area contributed by atoms with Crippen molar-refractivity contribution >= 4 is 34.3 Å². The number of carbonyl (C=O) groups excluding carboxylic acids is 2. The highest BCUT2D eigenvalue weighted by atomic mass is 35.5. The van der Waals surface area contributed by atoms with E-state index in [1.54, 1.807) is 49.1 Å². The third-order valence-electron chi connectivity index (χ3n) is 9.42. The normalized spacial score (nSPS) is 17.9. The van der Waals surface area contributed by atoms with Gasteiger partial charge in [0.15, 0.2) is 5.43 Å². The second-order valence-corrected chi connectivity index (χ2v) is 12.5. The zero-order valence-corrected chi connectivity index (χ0v) is 24.9. The number of aromatic nitrogens is 4. The molecule has 1 atom stereocenters. The van der Waals surface area contributed by atoms with Gasteiger partial charge in [0.05, 0.1) is 0 Å². The Labute approximate surface area is 255 Å². The van der Waals surface area contributed by atoms with E-state index in [0.717, 1.165) is 24.9 Å². The van der Waals surface area contributed by atoms with Crippen LogP contribution < -0.4 is 10.7 Å². The number of pyridine rings is 1. The number of H-pyrrole nitrogens is 1. The maximum Gasteiger partial charge on any atom is 0.268 e. The van der Waals surface area contributed by atoms with Crippen molar-refractivity contribution in [2.45, 2.75) is 64.0 Å².